The van der Waals surface area contributed by atoms with E-state index in [-0.39, 0.29) is 0 Å². The van der Waals surface area contributed by atoms with Crippen LogP contribution < -0.4 is 11.3 Å². The van der Waals surface area contributed by atoms with Gasteiger partial charge in [0.25, 0.3) is 0 Å². The van der Waals surface area contributed by atoms with Crippen molar-refractivity contribution in [2.45, 2.75) is 31.6 Å². The second-order valence-electron chi connectivity index (χ2n) is 3.90. The molecule has 0 saturated carbocycles. The number of rotatable bonds is 6. The maximum atomic E-state index is 5.53. The average Bonchev–Trinajstić information content (AvgIpc) is 2.58. The molecule has 0 aliphatic heterocycles. The molecule has 4 nitrogen and oxygen atoms in total. The van der Waals surface area contributed by atoms with Crippen LogP contribution in [0.4, 0.5) is 0 Å². The van der Waals surface area contributed by atoms with E-state index in [0.717, 1.165) is 18.0 Å². The summed E-state index contributed by atoms with van der Waals surface area (Å²) in [5, 5.41) is 0.641. The van der Waals surface area contributed by atoms with Crippen molar-refractivity contribution in [1.82, 2.24) is 15.0 Å². The topological polar surface area (TPSA) is 55.9 Å². The van der Waals surface area contributed by atoms with Gasteiger partial charge in [-0.2, -0.15) is 11.8 Å². The van der Waals surface area contributed by atoms with Crippen LogP contribution in [0.3, 0.4) is 0 Å². The summed E-state index contributed by atoms with van der Waals surface area (Å²) in [5.74, 6) is 7.61. The highest BCUT2D eigenvalue weighted by atomic mass is 32.2. The van der Waals surface area contributed by atoms with Crippen LogP contribution >= 0.6 is 11.8 Å². The fourth-order valence-corrected chi connectivity index (χ4v) is 2.12. The Balaban J connectivity index is 2.43. The van der Waals surface area contributed by atoms with Gasteiger partial charge in [-0.3, -0.25) is 11.3 Å². The van der Waals surface area contributed by atoms with E-state index in [1.54, 1.807) is 0 Å². The van der Waals surface area contributed by atoms with Crippen molar-refractivity contribution >= 4 is 11.8 Å². The van der Waals surface area contributed by atoms with E-state index in [9.17, 15) is 0 Å². The first-order valence-electron chi connectivity index (χ1n) is 5.17. The predicted octanol–water partition coefficient (Wildman–Crippen LogP) is 0.936. The van der Waals surface area contributed by atoms with Gasteiger partial charge in [0, 0.05) is 37.7 Å². The molecule has 5 heteroatoms. The first kappa shape index (κ1) is 12.5. The second kappa shape index (κ2) is 6.15. The second-order valence-corrected chi connectivity index (χ2v) is 5.51. The van der Waals surface area contributed by atoms with Crippen LogP contribution in [0, 0.1) is 0 Å². The number of nitrogens with two attached hydrogens (primary N) is 1. The Hall–Kier alpha value is -0.520. The summed E-state index contributed by atoms with van der Waals surface area (Å²) in [6.45, 7) is 4.39. The molecule has 1 heterocycles. The first-order valence-corrected chi connectivity index (χ1v) is 6.22. The number of nitrogens with one attached hydrogen (secondary N) is 1. The lowest BCUT2D eigenvalue weighted by atomic mass is 10.2. The lowest BCUT2D eigenvalue weighted by Crippen LogP contribution is -2.39. The lowest BCUT2D eigenvalue weighted by Gasteiger charge is -2.16. The maximum Gasteiger partial charge on any atom is 0.110 e. The van der Waals surface area contributed by atoms with Crippen molar-refractivity contribution in [3.63, 3.8) is 0 Å². The van der Waals surface area contributed by atoms with Gasteiger partial charge in [-0.05, 0) is 5.25 Å². The summed E-state index contributed by atoms with van der Waals surface area (Å²) < 4.78 is 2.03. The van der Waals surface area contributed by atoms with Gasteiger partial charge in [-0.15, -0.1) is 0 Å². The Bertz CT molecular complexity index is 285. The van der Waals surface area contributed by atoms with E-state index in [1.165, 1.54) is 0 Å². The minimum atomic E-state index is 0.290. The number of thioether (sulfide) groups is 1. The molecule has 0 aliphatic carbocycles. The largest absolute Gasteiger partial charge is 0.338 e. The quantitative estimate of drug-likeness (QED) is 0.562. The smallest absolute Gasteiger partial charge is 0.110 e. The normalized spacial score (nSPS) is 13.4. The number of aryl methyl sites for hydroxylation is 1. The standard InChI is InChI=1S/C10H20N4S/c1-8(2)15-7-9(13-11)6-10-12-4-5-14(10)3/h4-5,8-9,13H,6-7,11H2,1-3H3. The molecule has 0 radical (unpaired) electrons. The van der Waals surface area contributed by atoms with Crippen LogP contribution in [0.5, 0.6) is 0 Å². The van der Waals surface area contributed by atoms with Gasteiger partial charge in [-0.1, -0.05) is 13.8 Å². The van der Waals surface area contributed by atoms with Crippen LogP contribution in [0.25, 0.3) is 0 Å². The molecule has 0 amide bonds. The van der Waals surface area contributed by atoms with Gasteiger partial charge in [0.2, 0.25) is 0 Å². The van der Waals surface area contributed by atoms with Crippen molar-refractivity contribution in [2.24, 2.45) is 12.9 Å². The zero-order valence-electron chi connectivity index (χ0n) is 9.60. The molecule has 0 bridgehead atoms. The summed E-state index contributed by atoms with van der Waals surface area (Å²) in [7, 11) is 2.01. The van der Waals surface area contributed by atoms with Crippen molar-refractivity contribution < 1.29 is 0 Å². The number of hydrazine groups is 1. The number of hydrogen-bond acceptors (Lipinski definition) is 4. The summed E-state index contributed by atoms with van der Waals surface area (Å²) >= 11 is 1.91. The highest BCUT2D eigenvalue weighted by Crippen LogP contribution is 2.12. The van der Waals surface area contributed by atoms with Crippen molar-refractivity contribution in [3.8, 4) is 0 Å². The monoisotopic (exact) mass is 228 g/mol. The van der Waals surface area contributed by atoms with E-state index in [4.69, 9.17) is 5.84 Å². The fraction of sp³-hybridized carbons (Fsp3) is 0.700. The molecule has 1 rings (SSSR count). The van der Waals surface area contributed by atoms with Gasteiger partial charge >= 0.3 is 0 Å². The fourth-order valence-electron chi connectivity index (χ4n) is 1.29. The summed E-state index contributed by atoms with van der Waals surface area (Å²) in [6, 6.07) is 0.290. The van der Waals surface area contributed by atoms with E-state index in [0.29, 0.717) is 11.3 Å². The Kier molecular flexibility index (Phi) is 5.14. The highest BCUT2D eigenvalue weighted by Gasteiger charge is 2.11. The van der Waals surface area contributed by atoms with Gasteiger partial charge in [0.15, 0.2) is 0 Å². The third-order valence-electron chi connectivity index (χ3n) is 2.22. The van der Waals surface area contributed by atoms with Gasteiger partial charge in [0.05, 0.1) is 0 Å². The van der Waals surface area contributed by atoms with Crippen LogP contribution in [-0.2, 0) is 13.5 Å². The minimum absolute atomic E-state index is 0.290. The number of nitrogens with zero attached hydrogens (tertiary/aromatic N) is 2. The molecule has 86 valence electrons. The molecule has 0 aliphatic rings. The zero-order chi connectivity index (χ0) is 11.3. The van der Waals surface area contributed by atoms with E-state index in [2.05, 4.69) is 24.3 Å². The number of imidazole rings is 1. The Morgan fingerprint density at radius 1 is 1.60 bits per heavy atom. The molecule has 1 unspecified atom stereocenters. The van der Waals surface area contributed by atoms with Gasteiger partial charge in [-0.25, -0.2) is 4.98 Å². The summed E-state index contributed by atoms with van der Waals surface area (Å²) in [4.78, 5) is 4.29. The number of aromatic nitrogens is 2. The highest BCUT2D eigenvalue weighted by molar-refractivity contribution is 7.99. The Labute approximate surface area is 95.6 Å². The third-order valence-corrected chi connectivity index (χ3v) is 3.48. The van der Waals surface area contributed by atoms with Crippen molar-refractivity contribution in [3.05, 3.63) is 18.2 Å². The molecular weight excluding hydrogens is 208 g/mol. The molecule has 1 aromatic heterocycles. The SMILES string of the molecule is CC(C)SCC(Cc1nccn1C)NN. The van der Waals surface area contributed by atoms with Gasteiger partial charge in [0.1, 0.15) is 5.82 Å². The molecule has 0 fully saturated rings. The molecular formula is C10H20N4S. The van der Waals surface area contributed by atoms with E-state index < -0.39 is 0 Å². The zero-order valence-corrected chi connectivity index (χ0v) is 10.4. The average molecular weight is 228 g/mol. The third kappa shape index (κ3) is 4.24. The van der Waals surface area contributed by atoms with Crippen LogP contribution in [0.15, 0.2) is 12.4 Å². The molecule has 0 aromatic carbocycles. The Morgan fingerprint density at radius 3 is 2.80 bits per heavy atom. The van der Waals surface area contributed by atoms with Crippen LogP contribution in [0.1, 0.15) is 19.7 Å². The molecule has 15 heavy (non-hydrogen) atoms. The minimum Gasteiger partial charge on any atom is -0.338 e. The van der Waals surface area contributed by atoms with E-state index in [1.807, 2.05) is 35.8 Å². The molecule has 1 aromatic rings. The number of hydrogen-bond donors (Lipinski definition) is 2. The summed E-state index contributed by atoms with van der Waals surface area (Å²) in [6.07, 6.45) is 4.65. The van der Waals surface area contributed by atoms with Crippen molar-refractivity contribution in [2.75, 3.05) is 5.75 Å². The molecule has 1 atom stereocenters. The Morgan fingerprint density at radius 2 is 2.33 bits per heavy atom. The van der Waals surface area contributed by atoms with Crippen LogP contribution in [0.2, 0.25) is 0 Å². The van der Waals surface area contributed by atoms with Gasteiger partial charge < -0.3 is 4.57 Å². The molecule has 0 spiro atoms. The molecule has 0 saturated heterocycles. The predicted molar refractivity (Wildman–Crippen MR) is 65.6 cm³/mol. The van der Waals surface area contributed by atoms with Crippen LogP contribution in [-0.4, -0.2) is 26.6 Å². The maximum absolute atomic E-state index is 5.53. The van der Waals surface area contributed by atoms with Crippen molar-refractivity contribution in [1.29, 1.82) is 0 Å². The summed E-state index contributed by atoms with van der Waals surface area (Å²) in [5.41, 5.74) is 2.85. The molecule has 3 N–H and O–H groups in total. The lowest BCUT2D eigenvalue weighted by molar-refractivity contribution is 0.552. The first-order chi connectivity index (χ1) is 7.13. The van der Waals surface area contributed by atoms with E-state index >= 15 is 0 Å².